The highest BCUT2D eigenvalue weighted by molar-refractivity contribution is 14.1. The zero-order valence-corrected chi connectivity index (χ0v) is 16.4. The quantitative estimate of drug-likeness (QED) is 0.203. The zero-order chi connectivity index (χ0) is 19.8. The average Bonchev–Trinajstić information content (AvgIpc) is 2.66. The molecule has 0 aliphatic carbocycles. The first-order valence-electron chi connectivity index (χ1n) is 7.51. The minimum atomic E-state index is -0.593. The number of methoxy groups -OCH3 is 1. The number of carbonyl (C=O) groups excluding carboxylic acids is 1. The minimum Gasteiger partial charge on any atom is -0.493 e. The molecule has 0 bridgehead atoms. The third-order valence-electron chi connectivity index (χ3n) is 3.17. The fraction of sp³-hybridized carbons (Fsp3) is 0.118. The highest BCUT2D eigenvalue weighted by atomic mass is 127. The van der Waals surface area contributed by atoms with Crippen LogP contribution < -0.4 is 14.9 Å². The molecular formula is C17H15IN4O5. The Kier molecular flexibility index (Phi) is 7.23. The number of hydrogen-bond donors (Lipinski definition) is 1. The summed E-state index contributed by atoms with van der Waals surface area (Å²) in [4.78, 5) is 25.7. The van der Waals surface area contributed by atoms with E-state index in [9.17, 15) is 14.9 Å². The molecule has 0 fully saturated rings. The van der Waals surface area contributed by atoms with Gasteiger partial charge in [-0.3, -0.25) is 14.9 Å². The number of amides is 1. The number of carbonyl (C=O) groups is 1. The van der Waals surface area contributed by atoms with E-state index >= 15 is 0 Å². The van der Waals surface area contributed by atoms with Gasteiger partial charge in [-0.25, -0.2) is 10.4 Å². The number of hydrogen-bond acceptors (Lipinski definition) is 7. The minimum absolute atomic E-state index is 0.0121. The number of pyridine rings is 1. The van der Waals surface area contributed by atoms with Crippen LogP contribution in [0.3, 0.4) is 0 Å². The maximum atomic E-state index is 12.0. The summed E-state index contributed by atoms with van der Waals surface area (Å²) in [5, 5.41) is 14.5. The summed E-state index contributed by atoms with van der Waals surface area (Å²) in [6.45, 7) is 3.95. The lowest BCUT2D eigenvalue weighted by Gasteiger charge is -2.12. The van der Waals surface area contributed by atoms with Crippen molar-refractivity contribution in [3.63, 3.8) is 0 Å². The summed E-state index contributed by atoms with van der Waals surface area (Å²) in [7, 11) is 1.52. The smallest absolute Gasteiger partial charge is 0.289 e. The van der Waals surface area contributed by atoms with Gasteiger partial charge in [0.2, 0.25) is 0 Å². The summed E-state index contributed by atoms with van der Waals surface area (Å²) in [6, 6.07) is 5.96. The molecule has 9 nitrogen and oxygen atoms in total. The van der Waals surface area contributed by atoms with E-state index in [1.54, 1.807) is 18.2 Å². The molecule has 0 saturated carbocycles. The molecule has 1 N–H and O–H groups in total. The molecule has 0 atom stereocenters. The molecule has 0 radical (unpaired) electrons. The molecule has 140 valence electrons. The van der Waals surface area contributed by atoms with Crippen molar-refractivity contribution in [2.45, 2.75) is 0 Å². The van der Waals surface area contributed by atoms with E-state index in [-0.39, 0.29) is 11.4 Å². The number of ether oxygens (including phenoxy) is 2. The maximum absolute atomic E-state index is 12.0. The lowest BCUT2D eigenvalue weighted by molar-refractivity contribution is -0.385. The van der Waals surface area contributed by atoms with E-state index in [2.05, 4.69) is 44.7 Å². The third kappa shape index (κ3) is 5.48. The van der Waals surface area contributed by atoms with E-state index in [0.717, 1.165) is 9.77 Å². The summed E-state index contributed by atoms with van der Waals surface area (Å²) < 4.78 is 11.7. The van der Waals surface area contributed by atoms with Crippen molar-refractivity contribution in [2.75, 3.05) is 13.7 Å². The molecule has 1 aromatic carbocycles. The predicted molar refractivity (Wildman–Crippen MR) is 107 cm³/mol. The summed E-state index contributed by atoms with van der Waals surface area (Å²) in [5.41, 5.74) is 2.81. The van der Waals surface area contributed by atoms with Gasteiger partial charge in [0.1, 0.15) is 18.5 Å². The number of benzene rings is 1. The lowest BCUT2D eigenvalue weighted by Crippen LogP contribution is -2.18. The first-order valence-corrected chi connectivity index (χ1v) is 8.59. The van der Waals surface area contributed by atoms with Gasteiger partial charge in [0.05, 0.1) is 21.8 Å². The average molecular weight is 482 g/mol. The number of hydrazone groups is 1. The monoisotopic (exact) mass is 482 g/mol. The fourth-order valence-electron chi connectivity index (χ4n) is 1.95. The predicted octanol–water partition coefficient (Wildman–Crippen LogP) is 2.93. The van der Waals surface area contributed by atoms with Gasteiger partial charge in [0.25, 0.3) is 11.6 Å². The van der Waals surface area contributed by atoms with Crippen molar-refractivity contribution in [2.24, 2.45) is 5.10 Å². The fourth-order valence-corrected chi connectivity index (χ4v) is 2.73. The summed E-state index contributed by atoms with van der Waals surface area (Å²) >= 11 is 2.10. The zero-order valence-electron chi connectivity index (χ0n) is 14.2. The number of nitrogens with zero attached hydrogens (tertiary/aromatic N) is 3. The number of rotatable bonds is 8. The van der Waals surface area contributed by atoms with E-state index in [1.165, 1.54) is 25.5 Å². The van der Waals surface area contributed by atoms with Gasteiger partial charge < -0.3 is 9.47 Å². The van der Waals surface area contributed by atoms with E-state index in [0.29, 0.717) is 23.7 Å². The second-order valence-corrected chi connectivity index (χ2v) is 6.15. The molecule has 1 aromatic heterocycles. The van der Waals surface area contributed by atoms with Crippen LogP contribution >= 0.6 is 22.6 Å². The van der Waals surface area contributed by atoms with E-state index in [1.807, 2.05) is 0 Å². The van der Waals surface area contributed by atoms with Gasteiger partial charge in [-0.15, -0.1) is 0 Å². The van der Waals surface area contributed by atoms with Crippen molar-refractivity contribution in [1.82, 2.24) is 10.4 Å². The topological polar surface area (TPSA) is 116 Å². The Morgan fingerprint density at radius 1 is 1.48 bits per heavy atom. The van der Waals surface area contributed by atoms with E-state index in [4.69, 9.17) is 9.47 Å². The van der Waals surface area contributed by atoms with Crippen molar-refractivity contribution in [1.29, 1.82) is 0 Å². The normalized spacial score (nSPS) is 10.4. The molecule has 2 rings (SSSR count). The Balaban J connectivity index is 2.08. The first-order chi connectivity index (χ1) is 13.0. The molecule has 0 spiro atoms. The van der Waals surface area contributed by atoms with Gasteiger partial charge in [-0.05, 0) is 46.4 Å². The van der Waals surface area contributed by atoms with Crippen LogP contribution in [0.2, 0.25) is 0 Å². The van der Waals surface area contributed by atoms with E-state index < -0.39 is 10.8 Å². The van der Waals surface area contributed by atoms with Crippen LogP contribution in [-0.2, 0) is 0 Å². The molecule has 1 heterocycles. The van der Waals surface area contributed by atoms with Crippen molar-refractivity contribution >= 4 is 40.4 Å². The SMILES string of the molecule is C=CCOc1c(I)cc(/C=N\NC(=O)c2ccc([N+](=O)[O-])cn2)cc1OC. The summed E-state index contributed by atoms with van der Waals surface area (Å²) in [5.74, 6) is 0.525. The van der Waals surface area contributed by atoms with Crippen LogP contribution in [0.4, 0.5) is 5.69 Å². The van der Waals surface area contributed by atoms with Gasteiger partial charge in [0.15, 0.2) is 11.5 Å². The second kappa shape index (κ2) is 9.62. The standard InChI is InChI=1S/C17H15IN4O5/c1-3-6-27-16-13(18)7-11(8-15(16)26-2)9-20-21-17(23)14-5-4-12(10-19-14)22(24)25/h3-5,7-10H,1,6H2,2H3,(H,21,23)/b20-9-. The molecule has 0 saturated heterocycles. The third-order valence-corrected chi connectivity index (χ3v) is 3.97. The Morgan fingerprint density at radius 2 is 2.26 bits per heavy atom. The number of aromatic nitrogens is 1. The van der Waals surface area contributed by atoms with Crippen molar-refractivity contribution in [3.8, 4) is 11.5 Å². The number of nitro groups is 1. The Labute approximate surface area is 168 Å². The lowest BCUT2D eigenvalue weighted by atomic mass is 10.2. The highest BCUT2D eigenvalue weighted by Crippen LogP contribution is 2.33. The van der Waals surface area contributed by atoms with Gasteiger partial charge in [-0.1, -0.05) is 12.7 Å². The molecule has 27 heavy (non-hydrogen) atoms. The van der Waals surface area contributed by atoms with Crippen LogP contribution in [0.25, 0.3) is 0 Å². The number of halogens is 1. The van der Waals surface area contributed by atoms with Crippen LogP contribution in [0.1, 0.15) is 16.1 Å². The Hall–Kier alpha value is -3.02. The van der Waals surface area contributed by atoms with Crippen LogP contribution in [0.5, 0.6) is 11.5 Å². The van der Waals surface area contributed by atoms with Crippen molar-refractivity contribution < 1.29 is 19.2 Å². The molecule has 0 unspecified atom stereocenters. The van der Waals surface area contributed by atoms with Crippen molar-refractivity contribution in [3.05, 3.63) is 68.1 Å². The Bertz CT molecular complexity index is 884. The molecule has 10 heteroatoms. The maximum Gasteiger partial charge on any atom is 0.289 e. The molecule has 0 aliphatic rings. The largest absolute Gasteiger partial charge is 0.493 e. The van der Waals surface area contributed by atoms with Gasteiger partial charge in [0, 0.05) is 6.07 Å². The first kappa shape index (κ1) is 20.3. The Morgan fingerprint density at radius 3 is 2.85 bits per heavy atom. The van der Waals surface area contributed by atoms with Gasteiger partial charge in [-0.2, -0.15) is 5.10 Å². The van der Waals surface area contributed by atoms with Crippen LogP contribution in [0, 0.1) is 13.7 Å². The van der Waals surface area contributed by atoms with Crippen LogP contribution in [-0.4, -0.2) is 35.7 Å². The van der Waals surface area contributed by atoms with Gasteiger partial charge >= 0.3 is 0 Å². The second-order valence-electron chi connectivity index (χ2n) is 4.99. The molecular weight excluding hydrogens is 467 g/mol. The summed E-state index contributed by atoms with van der Waals surface area (Å²) in [6.07, 6.45) is 4.08. The molecule has 0 aliphatic heterocycles. The highest BCUT2D eigenvalue weighted by Gasteiger charge is 2.12. The number of nitrogens with one attached hydrogen (secondary N) is 1. The molecule has 1 amide bonds. The van der Waals surface area contributed by atoms with Crippen LogP contribution in [0.15, 0.2) is 48.2 Å². The molecule has 2 aromatic rings.